The lowest BCUT2D eigenvalue weighted by molar-refractivity contribution is -0.117. The first-order valence-electron chi connectivity index (χ1n) is 9.06. The number of anilines is 1. The first-order valence-corrected chi connectivity index (χ1v) is 9.84. The lowest BCUT2D eigenvalue weighted by atomic mass is 9.90. The fourth-order valence-corrected chi connectivity index (χ4v) is 3.94. The van der Waals surface area contributed by atoms with Gasteiger partial charge in [0, 0.05) is 10.7 Å². The summed E-state index contributed by atoms with van der Waals surface area (Å²) in [6, 6.07) is 22.5. The van der Waals surface area contributed by atoms with Crippen LogP contribution < -0.4 is 10.2 Å². The Hall–Kier alpha value is -2.69. The molecule has 0 saturated carbocycles. The number of nitrogens with one attached hydrogen (secondary N) is 1. The summed E-state index contributed by atoms with van der Waals surface area (Å²) < 4.78 is 0. The molecule has 0 spiro atoms. The molecule has 1 N–H and O–H groups in total. The minimum Gasteiger partial charge on any atom is -0.309 e. The smallest absolute Gasteiger partial charge is 0.246 e. The van der Waals surface area contributed by atoms with E-state index in [2.05, 4.69) is 48.6 Å². The third kappa shape index (κ3) is 3.79. The maximum Gasteiger partial charge on any atom is 0.246 e. The maximum atomic E-state index is 11.8. The standard InChI is InChI=1S/C23H19ClN2OS/c1-15-11-19(26-14-22(27)25-23(26)28)13-21(17-7-9-18(24)10-8-17)20(15)12-16-5-3-2-4-6-16/h2-11,13H,12,14H2,1H3,(H,25,27,28). The van der Waals surface area contributed by atoms with Crippen LogP contribution in [-0.4, -0.2) is 17.6 Å². The highest BCUT2D eigenvalue weighted by atomic mass is 35.5. The van der Waals surface area contributed by atoms with Crippen LogP contribution in [0.25, 0.3) is 11.1 Å². The first kappa shape index (κ1) is 18.7. The zero-order valence-corrected chi connectivity index (χ0v) is 17.0. The van der Waals surface area contributed by atoms with Crippen LogP contribution in [0, 0.1) is 6.92 Å². The van der Waals surface area contributed by atoms with Crippen LogP contribution in [0.1, 0.15) is 16.7 Å². The van der Waals surface area contributed by atoms with Gasteiger partial charge in [-0.3, -0.25) is 4.79 Å². The Morgan fingerprint density at radius 2 is 1.79 bits per heavy atom. The molecule has 1 fully saturated rings. The van der Waals surface area contributed by atoms with Crippen molar-refractivity contribution in [2.75, 3.05) is 11.4 Å². The minimum absolute atomic E-state index is 0.0796. The number of amides is 1. The van der Waals surface area contributed by atoms with E-state index in [1.54, 1.807) is 0 Å². The van der Waals surface area contributed by atoms with Gasteiger partial charge in [-0.05, 0) is 77.6 Å². The normalized spacial score (nSPS) is 13.7. The summed E-state index contributed by atoms with van der Waals surface area (Å²) in [5.41, 5.74) is 6.79. The summed E-state index contributed by atoms with van der Waals surface area (Å²) >= 11 is 11.4. The molecule has 4 rings (SSSR count). The van der Waals surface area contributed by atoms with Gasteiger partial charge in [-0.2, -0.15) is 0 Å². The van der Waals surface area contributed by atoms with Crippen LogP contribution in [0.2, 0.25) is 5.02 Å². The van der Waals surface area contributed by atoms with Crippen LogP contribution in [0.5, 0.6) is 0 Å². The topological polar surface area (TPSA) is 32.3 Å². The largest absolute Gasteiger partial charge is 0.309 e. The summed E-state index contributed by atoms with van der Waals surface area (Å²) in [5.74, 6) is -0.0796. The Labute approximate surface area is 174 Å². The number of halogens is 1. The van der Waals surface area contributed by atoms with E-state index in [-0.39, 0.29) is 12.5 Å². The number of carbonyl (C=O) groups is 1. The quantitative estimate of drug-likeness (QED) is 0.610. The molecule has 0 bridgehead atoms. The molecule has 0 radical (unpaired) electrons. The summed E-state index contributed by atoms with van der Waals surface area (Å²) in [6.45, 7) is 2.35. The van der Waals surface area contributed by atoms with Crippen LogP contribution in [0.15, 0.2) is 66.7 Å². The van der Waals surface area contributed by atoms with Crippen LogP contribution in [-0.2, 0) is 11.2 Å². The molecule has 0 aromatic heterocycles. The molecule has 140 valence electrons. The molecule has 1 heterocycles. The van der Waals surface area contributed by atoms with E-state index in [1.165, 1.54) is 11.1 Å². The molecule has 3 aromatic rings. The molecular weight excluding hydrogens is 388 g/mol. The number of thiocarbonyl (C=S) groups is 1. The second kappa shape index (κ2) is 7.74. The second-order valence-corrected chi connectivity index (χ2v) is 7.72. The summed E-state index contributed by atoms with van der Waals surface area (Å²) in [5, 5.41) is 3.86. The van der Waals surface area contributed by atoms with Crippen molar-refractivity contribution < 1.29 is 4.79 Å². The molecule has 1 saturated heterocycles. The van der Waals surface area contributed by atoms with Crippen molar-refractivity contribution in [3.05, 3.63) is 88.4 Å². The molecule has 0 unspecified atom stereocenters. The lowest BCUT2D eigenvalue weighted by Crippen LogP contribution is -2.27. The third-order valence-corrected chi connectivity index (χ3v) is 5.52. The van der Waals surface area contributed by atoms with E-state index in [0.717, 1.165) is 28.8 Å². The SMILES string of the molecule is Cc1cc(N2CC(=O)NC2=S)cc(-c2ccc(Cl)cc2)c1Cc1ccccc1. The Morgan fingerprint density at radius 1 is 1.07 bits per heavy atom. The van der Waals surface area contributed by atoms with Gasteiger partial charge in [-0.15, -0.1) is 0 Å². The van der Waals surface area contributed by atoms with Gasteiger partial charge < -0.3 is 10.2 Å². The van der Waals surface area contributed by atoms with Crippen molar-refractivity contribution in [3.63, 3.8) is 0 Å². The fourth-order valence-electron chi connectivity index (χ4n) is 3.53. The molecule has 0 aliphatic carbocycles. The number of hydrogen-bond donors (Lipinski definition) is 1. The molecule has 0 atom stereocenters. The molecule has 1 amide bonds. The Balaban J connectivity index is 1.84. The summed E-state index contributed by atoms with van der Waals surface area (Å²) in [6.07, 6.45) is 0.826. The predicted octanol–water partition coefficient (Wildman–Crippen LogP) is 5.13. The summed E-state index contributed by atoms with van der Waals surface area (Å²) in [7, 11) is 0. The average molecular weight is 407 g/mol. The van der Waals surface area contributed by atoms with Gasteiger partial charge >= 0.3 is 0 Å². The van der Waals surface area contributed by atoms with Crippen molar-refractivity contribution in [2.45, 2.75) is 13.3 Å². The van der Waals surface area contributed by atoms with E-state index in [9.17, 15) is 4.79 Å². The Bertz CT molecular complexity index is 1050. The van der Waals surface area contributed by atoms with Gasteiger partial charge in [0.25, 0.3) is 0 Å². The van der Waals surface area contributed by atoms with Crippen molar-refractivity contribution in [1.29, 1.82) is 0 Å². The zero-order chi connectivity index (χ0) is 19.7. The van der Waals surface area contributed by atoms with Crippen LogP contribution >= 0.6 is 23.8 Å². The van der Waals surface area contributed by atoms with E-state index >= 15 is 0 Å². The average Bonchev–Trinajstić information content (AvgIpc) is 3.03. The van der Waals surface area contributed by atoms with Gasteiger partial charge in [0.1, 0.15) is 6.54 Å². The third-order valence-electron chi connectivity index (χ3n) is 4.94. The van der Waals surface area contributed by atoms with Crippen molar-refractivity contribution >= 4 is 40.5 Å². The van der Waals surface area contributed by atoms with Crippen molar-refractivity contribution in [2.24, 2.45) is 0 Å². The number of aryl methyl sites for hydroxylation is 1. The van der Waals surface area contributed by atoms with E-state index in [4.69, 9.17) is 23.8 Å². The first-order chi connectivity index (χ1) is 13.5. The molecule has 1 aliphatic heterocycles. The highest BCUT2D eigenvalue weighted by molar-refractivity contribution is 7.80. The van der Waals surface area contributed by atoms with Crippen molar-refractivity contribution in [3.8, 4) is 11.1 Å². The molecule has 28 heavy (non-hydrogen) atoms. The molecule has 3 aromatic carbocycles. The van der Waals surface area contributed by atoms with Gasteiger partial charge in [0.2, 0.25) is 5.91 Å². The molecular formula is C23H19ClN2OS. The molecule has 5 heteroatoms. The highest BCUT2D eigenvalue weighted by Gasteiger charge is 2.26. The van der Waals surface area contributed by atoms with Crippen LogP contribution in [0.3, 0.4) is 0 Å². The van der Waals surface area contributed by atoms with Crippen LogP contribution in [0.4, 0.5) is 5.69 Å². The second-order valence-electron chi connectivity index (χ2n) is 6.90. The monoisotopic (exact) mass is 406 g/mol. The van der Waals surface area contributed by atoms with Gasteiger partial charge in [0.15, 0.2) is 5.11 Å². The van der Waals surface area contributed by atoms with E-state index in [1.807, 2.05) is 35.2 Å². The van der Waals surface area contributed by atoms with Crippen molar-refractivity contribution in [1.82, 2.24) is 5.32 Å². The Morgan fingerprint density at radius 3 is 2.43 bits per heavy atom. The summed E-state index contributed by atoms with van der Waals surface area (Å²) in [4.78, 5) is 13.6. The number of benzene rings is 3. The Kier molecular flexibility index (Phi) is 5.16. The zero-order valence-electron chi connectivity index (χ0n) is 15.4. The highest BCUT2D eigenvalue weighted by Crippen LogP contribution is 2.34. The molecule has 1 aliphatic rings. The van der Waals surface area contributed by atoms with E-state index in [0.29, 0.717) is 10.1 Å². The number of hydrogen-bond acceptors (Lipinski definition) is 2. The van der Waals surface area contributed by atoms with Gasteiger partial charge in [-0.25, -0.2) is 0 Å². The fraction of sp³-hybridized carbons (Fsp3) is 0.130. The van der Waals surface area contributed by atoms with E-state index < -0.39 is 0 Å². The minimum atomic E-state index is -0.0796. The number of rotatable bonds is 4. The lowest BCUT2D eigenvalue weighted by Gasteiger charge is -2.21. The predicted molar refractivity (Wildman–Crippen MR) is 119 cm³/mol. The molecule has 3 nitrogen and oxygen atoms in total. The van der Waals surface area contributed by atoms with Gasteiger partial charge in [-0.1, -0.05) is 54.1 Å². The number of carbonyl (C=O) groups excluding carboxylic acids is 1. The number of nitrogens with zero attached hydrogens (tertiary/aromatic N) is 1. The van der Waals surface area contributed by atoms with Gasteiger partial charge in [0.05, 0.1) is 0 Å². The maximum absolute atomic E-state index is 11.8.